The van der Waals surface area contributed by atoms with Crippen LogP contribution in [0.3, 0.4) is 0 Å². The quantitative estimate of drug-likeness (QED) is 0.799. The van der Waals surface area contributed by atoms with E-state index in [9.17, 15) is 4.79 Å². The Morgan fingerprint density at radius 2 is 2.00 bits per heavy atom. The van der Waals surface area contributed by atoms with Crippen molar-refractivity contribution in [1.82, 2.24) is 4.98 Å². The largest absolute Gasteiger partial charge is 0.357 e. The molecule has 1 saturated carbocycles. The molecule has 0 atom stereocenters. The minimum atomic E-state index is -0.184. The van der Waals surface area contributed by atoms with E-state index < -0.39 is 0 Å². The van der Waals surface area contributed by atoms with E-state index in [-0.39, 0.29) is 11.2 Å². The molecule has 3 heteroatoms. The van der Waals surface area contributed by atoms with Crippen LogP contribution in [-0.4, -0.2) is 23.9 Å². The van der Waals surface area contributed by atoms with E-state index in [1.165, 1.54) is 12.8 Å². The van der Waals surface area contributed by atoms with Crippen LogP contribution in [0.1, 0.15) is 38.2 Å². The van der Waals surface area contributed by atoms with Gasteiger partial charge in [-0.3, -0.25) is 4.79 Å². The summed E-state index contributed by atoms with van der Waals surface area (Å²) in [7, 11) is 0. The summed E-state index contributed by atoms with van der Waals surface area (Å²) in [6.45, 7) is 3.93. The number of hydrogen-bond donors (Lipinski definition) is 0. The number of anilines is 1. The van der Waals surface area contributed by atoms with Gasteiger partial charge in [0.15, 0.2) is 0 Å². The minimum absolute atomic E-state index is 0.184. The van der Waals surface area contributed by atoms with Crippen molar-refractivity contribution in [1.29, 1.82) is 0 Å². The fraction of sp³-hybridized carbons (Fsp3) is 0.571. The number of carbonyl (C=O) groups excluding carboxylic acids is 1. The van der Waals surface area contributed by atoms with Gasteiger partial charge < -0.3 is 4.90 Å². The normalized spacial score (nSPS) is 21.6. The Morgan fingerprint density at radius 3 is 2.47 bits per heavy atom. The van der Waals surface area contributed by atoms with Crippen molar-refractivity contribution in [2.75, 3.05) is 18.0 Å². The fourth-order valence-electron chi connectivity index (χ4n) is 2.77. The topological polar surface area (TPSA) is 33.2 Å². The first-order chi connectivity index (χ1) is 8.22. The van der Waals surface area contributed by atoms with Gasteiger partial charge in [0.2, 0.25) is 0 Å². The second-order valence-corrected chi connectivity index (χ2v) is 5.24. The highest BCUT2D eigenvalue weighted by Crippen LogP contribution is 2.48. The molecule has 1 aliphatic carbocycles. The van der Waals surface area contributed by atoms with Gasteiger partial charge in [-0.1, -0.05) is 6.07 Å². The number of Topliss-reactive ketones (excluding diaryl/α,β-unsaturated/α-hetero) is 1. The van der Waals surface area contributed by atoms with Crippen molar-refractivity contribution in [3.8, 4) is 0 Å². The van der Waals surface area contributed by atoms with Gasteiger partial charge in [0.25, 0.3) is 0 Å². The predicted octanol–water partition coefficient (Wildman–Crippen LogP) is 2.30. The zero-order valence-corrected chi connectivity index (χ0v) is 10.3. The Balaban J connectivity index is 1.83. The SMILES string of the molecule is CC(=O)C1(c2ccc(N3CCCC3)nc2)CC1. The van der Waals surface area contributed by atoms with E-state index >= 15 is 0 Å². The predicted molar refractivity (Wildman–Crippen MR) is 67.3 cm³/mol. The first-order valence-electron chi connectivity index (χ1n) is 6.45. The molecule has 2 fully saturated rings. The average Bonchev–Trinajstić information content (AvgIpc) is 2.98. The maximum atomic E-state index is 11.6. The number of ketones is 1. The molecule has 0 N–H and O–H groups in total. The summed E-state index contributed by atoms with van der Waals surface area (Å²) < 4.78 is 0. The first kappa shape index (κ1) is 10.8. The summed E-state index contributed by atoms with van der Waals surface area (Å²) >= 11 is 0. The summed E-state index contributed by atoms with van der Waals surface area (Å²) in [5.74, 6) is 1.35. The summed E-state index contributed by atoms with van der Waals surface area (Å²) in [5, 5.41) is 0. The third kappa shape index (κ3) is 1.74. The maximum absolute atomic E-state index is 11.6. The number of rotatable bonds is 3. The zero-order chi connectivity index (χ0) is 11.9. The minimum Gasteiger partial charge on any atom is -0.357 e. The van der Waals surface area contributed by atoms with Crippen molar-refractivity contribution in [2.45, 2.75) is 38.0 Å². The van der Waals surface area contributed by atoms with Gasteiger partial charge >= 0.3 is 0 Å². The molecule has 0 radical (unpaired) electrons. The second kappa shape index (κ2) is 3.83. The second-order valence-electron chi connectivity index (χ2n) is 5.24. The molecule has 2 heterocycles. The van der Waals surface area contributed by atoms with Gasteiger partial charge in [0.05, 0.1) is 5.41 Å². The summed E-state index contributed by atoms with van der Waals surface area (Å²) in [5.41, 5.74) is 0.921. The lowest BCUT2D eigenvalue weighted by Crippen LogP contribution is -2.20. The Morgan fingerprint density at radius 1 is 1.29 bits per heavy atom. The van der Waals surface area contributed by atoms with E-state index in [2.05, 4.69) is 22.0 Å². The highest BCUT2D eigenvalue weighted by atomic mass is 16.1. The lowest BCUT2D eigenvalue weighted by Gasteiger charge is -2.18. The number of aromatic nitrogens is 1. The Bertz CT molecular complexity index is 428. The molecular formula is C14H18N2O. The first-order valence-corrected chi connectivity index (χ1v) is 6.45. The maximum Gasteiger partial charge on any atom is 0.140 e. The Kier molecular flexibility index (Phi) is 2.42. The molecular weight excluding hydrogens is 212 g/mol. The van der Waals surface area contributed by atoms with E-state index in [1.807, 2.05) is 6.20 Å². The molecule has 1 saturated heterocycles. The molecule has 3 nitrogen and oxygen atoms in total. The molecule has 0 unspecified atom stereocenters. The summed E-state index contributed by atoms with van der Waals surface area (Å²) in [6, 6.07) is 4.17. The van der Waals surface area contributed by atoms with Crippen molar-refractivity contribution < 1.29 is 4.79 Å². The van der Waals surface area contributed by atoms with E-state index in [1.54, 1.807) is 6.92 Å². The monoisotopic (exact) mass is 230 g/mol. The molecule has 0 aromatic carbocycles. The van der Waals surface area contributed by atoms with Crippen LogP contribution in [0, 0.1) is 0 Å². The zero-order valence-electron chi connectivity index (χ0n) is 10.3. The highest BCUT2D eigenvalue weighted by molar-refractivity contribution is 5.91. The highest BCUT2D eigenvalue weighted by Gasteiger charge is 2.48. The Hall–Kier alpha value is -1.38. The van der Waals surface area contributed by atoms with Crippen LogP contribution in [0.15, 0.2) is 18.3 Å². The lowest BCUT2D eigenvalue weighted by atomic mass is 9.94. The van der Waals surface area contributed by atoms with Crippen molar-refractivity contribution in [2.24, 2.45) is 0 Å². The molecule has 90 valence electrons. The number of hydrogen-bond acceptors (Lipinski definition) is 3. The van der Waals surface area contributed by atoms with Crippen LogP contribution in [0.4, 0.5) is 5.82 Å². The molecule has 17 heavy (non-hydrogen) atoms. The molecule has 1 aliphatic heterocycles. The lowest BCUT2D eigenvalue weighted by molar-refractivity contribution is -0.119. The van der Waals surface area contributed by atoms with Gasteiger partial charge in [-0.05, 0) is 44.2 Å². The fourth-order valence-corrected chi connectivity index (χ4v) is 2.77. The number of carbonyl (C=O) groups is 1. The van der Waals surface area contributed by atoms with Crippen LogP contribution in [0.2, 0.25) is 0 Å². The molecule has 1 aromatic heterocycles. The third-order valence-electron chi connectivity index (χ3n) is 4.15. The smallest absolute Gasteiger partial charge is 0.140 e. The van der Waals surface area contributed by atoms with Crippen LogP contribution in [0.25, 0.3) is 0 Å². The Labute approximate surface area is 102 Å². The summed E-state index contributed by atoms with van der Waals surface area (Å²) in [4.78, 5) is 18.5. The van der Waals surface area contributed by atoms with Crippen LogP contribution < -0.4 is 4.90 Å². The molecule has 0 spiro atoms. The summed E-state index contributed by atoms with van der Waals surface area (Å²) in [6.07, 6.45) is 6.42. The van der Waals surface area contributed by atoms with Gasteiger partial charge in [-0.2, -0.15) is 0 Å². The van der Waals surface area contributed by atoms with Gasteiger partial charge in [-0.25, -0.2) is 4.98 Å². The van der Waals surface area contributed by atoms with E-state index in [4.69, 9.17) is 0 Å². The van der Waals surface area contributed by atoms with E-state index in [0.717, 1.165) is 37.3 Å². The molecule has 3 rings (SSSR count). The molecule has 2 aliphatic rings. The average molecular weight is 230 g/mol. The van der Waals surface area contributed by atoms with Gasteiger partial charge in [0.1, 0.15) is 11.6 Å². The molecule has 0 bridgehead atoms. The van der Waals surface area contributed by atoms with Crippen molar-refractivity contribution >= 4 is 11.6 Å². The number of pyridine rings is 1. The van der Waals surface area contributed by atoms with Crippen molar-refractivity contribution in [3.05, 3.63) is 23.9 Å². The number of nitrogens with zero attached hydrogens (tertiary/aromatic N) is 2. The molecule has 1 aromatic rings. The van der Waals surface area contributed by atoms with Gasteiger partial charge in [-0.15, -0.1) is 0 Å². The van der Waals surface area contributed by atoms with Crippen molar-refractivity contribution in [3.63, 3.8) is 0 Å². The van der Waals surface area contributed by atoms with Gasteiger partial charge in [0, 0.05) is 19.3 Å². The van der Waals surface area contributed by atoms with Crippen LogP contribution >= 0.6 is 0 Å². The standard InChI is InChI=1S/C14H18N2O/c1-11(17)14(6-7-14)12-4-5-13(15-10-12)16-8-2-3-9-16/h4-5,10H,2-3,6-9H2,1H3. The van der Waals surface area contributed by atoms with Crippen LogP contribution in [-0.2, 0) is 10.2 Å². The third-order valence-corrected chi connectivity index (χ3v) is 4.15. The van der Waals surface area contributed by atoms with E-state index in [0.29, 0.717) is 0 Å². The molecule has 0 amide bonds. The van der Waals surface area contributed by atoms with Crippen LogP contribution in [0.5, 0.6) is 0 Å².